The van der Waals surface area contributed by atoms with Gasteiger partial charge in [-0.25, -0.2) is 0 Å². The topological polar surface area (TPSA) is 12.0 Å². The molecular formula is C14H13BiN. The van der Waals surface area contributed by atoms with E-state index in [2.05, 4.69) is 53.8 Å². The van der Waals surface area contributed by atoms with E-state index in [0.29, 0.717) is 0 Å². The maximum absolute atomic E-state index is 3.53. The van der Waals surface area contributed by atoms with Gasteiger partial charge < -0.3 is 0 Å². The van der Waals surface area contributed by atoms with Crippen molar-refractivity contribution in [3.63, 3.8) is 0 Å². The van der Waals surface area contributed by atoms with E-state index in [1.165, 1.54) is 11.1 Å². The molecule has 0 saturated carbocycles. The summed E-state index contributed by atoms with van der Waals surface area (Å²) in [5.41, 5.74) is 3.02. The molecule has 16 heavy (non-hydrogen) atoms. The van der Waals surface area contributed by atoms with Crippen LogP contribution >= 0.6 is 0 Å². The average Bonchev–Trinajstić information content (AvgIpc) is 2.29. The van der Waals surface area contributed by atoms with Gasteiger partial charge in [-0.1, -0.05) is 0 Å². The normalized spacial score (nSPS) is 14.5. The summed E-state index contributed by atoms with van der Waals surface area (Å²) in [5.74, 6) is 0. The molecule has 2 aromatic rings. The number of benzene rings is 2. The van der Waals surface area contributed by atoms with E-state index in [4.69, 9.17) is 0 Å². The minimum atomic E-state index is -0.698. The number of hydrogen-bond acceptors (Lipinski definition) is 1. The fraction of sp³-hybridized carbons (Fsp3) is 0.143. The van der Waals surface area contributed by atoms with Gasteiger partial charge in [-0.3, -0.25) is 0 Å². The van der Waals surface area contributed by atoms with E-state index in [1.54, 1.807) is 6.54 Å². The van der Waals surface area contributed by atoms with Gasteiger partial charge in [0.1, 0.15) is 0 Å². The van der Waals surface area contributed by atoms with Gasteiger partial charge in [0.2, 0.25) is 0 Å². The molecule has 1 N–H and O–H groups in total. The molecule has 3 rings (SSSR count). The summed E-state index contributed by atoms with van der Waals surface area (Å²) >= 11 is -0.698. The number of nitrogens with one attached hydrogen (secondary N) is 1. The van der Waals surface area contributed by atoms with E-state index >= 15 is 0 Å². The minimum absolute atomic E-state index is 0.698. The molecule has 1 radical (unpaired) electrons. The van der Waals surface area contributed by atoms with Crippen molar-refractivity contribution in [1.29, 1.82) is 0 Å². The molecule has 0 aliphatic carbocycles. The molecule has 0 spiro atoms. The van der Waals surface area contributed by atoms with Crippen molar-refractivity contribution in [2.75, 3.05) is 0 Å². The van der Waals surface area contributed by atoms with Gasteiger partial charge in [0.25, 0.3) is 0 Å². The molecule has 1 heterocycles. The number of hydrogen-bond donors (Lipinski definition) is 1. The Bertz CT molecular complexity index is 462. The van der Waals surface area contributed by atoms with Crippen LogP contribution in [-0.4, -0.2) is 23.2 Å². The third-order valence-electron chi connectivity index (χ3n) is 2.86. The summed E-state index contributed by atoms with van der Waals surface area (Å²) in [6, 6.07) is 17.8. The Hall–Kier alpha value is -0.717. The van der Waals surface area contributed by atoms with Crippen LogP contribution in [0.5, 0.6) is 0 Å². The van der Waals surface area contributed by atoms with Crippen LogP contribution in [0.1, 0.15) is 11.1 Å². The average molecular weight is 404 g/mol. The molecule has 0 saturated heterocycles. The van der Waals surface area contributed by atoms with Crippen molar-refractivity contribution in [3.05, 3.63) is 59.7 Å². The summed E-state index contributed by atoms with van der Waals surface area (Å²) in [4.78, 5) is 0. The Morgan fingerprint density at radius 2 is 1.25 bits per heavy atom. The molecule has 0 bridgehead atoms. The van der Waals surface area contributed by atoms with Gasteiger partial charge in [0, 0.05) is 0 Å². The molecule has 0 atom stereocenters. The van der Waals surface area contributed by atoms with E-state index in [9.17, 15) is 0 Å². The van der Waals surface area contributed by atoms with Crippen LogP contribution in [-0.2, 0) is 13.1 Å². The van der Waals surface area contributed by atoms with Crippen LogP contribution in [0.3, 0.4) is 0 Å². The Kier molecular flexibility index (Phi) is 3.03. The van der Waals surface area contributed by atoms with Crippen molar-refractivity contribution in [2.24, 2.45) is 0 Å². The van der Waals surface area contributed by atoms with Gasteiger partial charge in [0.05, 0.1) is 0 Å². The first-order valence-electron chi connectivity index (χ1n) is 5.52. The van der Waals surface area contributed by atoms with Crippen LogP contribution in [0.2, 0.25) is 0 Å². The molecule has 1 aliphatic rings. The van der Waals surface area contributed by atoms with Crippen molar-refractivity contribution >= 4 is 29.8 Å². The van der Waals surface area contributed by atoms with Crippen molar-refractivity contribution in [2.45, 2.75) is 13.1 Å². The summed E-state index contributed by atoms with van der Waals surface area (Å²) < 4.78 is 3.25. The predicted octanol–water partition coefficient (Wildman–Crippen LogP) is 0.945. The Balaban J connectivity index is 2.06. The third-order valence-corrected chi connectivity index (χ3v) is 8.12. The molecule has 2 aromatic carbocycles. The zero-order chi connectivity index (χ0) is 10.8. The summed E-state index contributed by atoms with van der Waals surface area (Å²) in [5, 5.41) is 3.53. The Morgan fingerprint density at radius 1 is 0.750 bits per heavy atom. The second-order valence-electron chi connectivity index (χ2n) is 3.97. The summed E-state index contributed by atoms with van der Waals surface area (Å²) in [7, 11) is 0. The van der Waals surface area contributed by atoms with Crippen LogP contribution < -0.4 is 11.9 Å². The van der Waals surface area contributed by atoms with E-state index < -0.39 is 23.2 Å². The summed E-state index contributed by atoms with van der Waals surface area (Å²) in [6.07, 6.45) is 0. The van der Waals surface area contributed by atoms with Crippen LogP contribution in [0.25, 0.3) is 0 Å². The van der Waals surface area contributed by atoms with Crippen LogP contribution in [0.15, 0.2) is 48.5 Å². The molecule has 2 heteroatoms. The second kappa shape index (κ2) is 4.65. The first kappa shape index (κ1) is 10.4. The zero-order valence-corrected chi connectivity index (χ0v) is 12.5. The maximum atomic E-state index is 3.53. The molecule has 0 fully saturated rings. The molecule has 79 valence electrons. The molecule has 1 aliphatic heterocycles. The SMILES string of the molecule is c1cc[c]2c(c1)CNCc1cccc[c]1[Bi]2. The predicted molar refractivity (Wildman–Crippen MR) is 68.4 cm³/mol. The first-order valence-corrected chi connectivity index (χ1v) is 8.99. The third kappa shape index (κ3) is 2.05. The van der Waals surface area contributed by atoms with Crippen molar-refractivity contribution in [3.8, 4) is 0 Å². The van der Waals surface area contributed by atoms with E-state index in [0.717, 1.165) is 13.1 Å². The van der Waals surface area contributed by atoms with Gasteiger partial charge in [-0.15, -0.1) is 0 Å². The fourth-order valence-corrected chi connectivity index (χ4v) is 6.57. The monoisotopic (exact) mass is 404 g/mol. The molecule has 0 amide bonds. The molecule has 0 unspecified atom stereocenters. The van der Waals surface area contributed by atoms with Gasteiger partial charge in [-0.05, 0) is 0 Å². The van der Waals surface area contributed by atoms with Crippen LogP contribution in [0, 0.1) is 0 Å². The Labute approximate surface area is 107 Å². The van der Waals surface area contributed by atoms with Crippen molar-refractivity contribution in [1.82, 2.24) is 5.32 Å². The van der Waals surface area contributed by atoms with E-state index in [-0.39, 0.29) is 0 Å². The zero-order valence-electron chi connectivity index (χ0n) is 8.98. The van der Waals surface area contributed by atoms with Gasteiger partial charge in [0.15, 0.2) is 0 Å². The van der Waals surface area contributed by atoms with Crippen molar-refractivity contribution < 1.29 is 0 Å². The molecule has 1 nitrogen and oxygen atoms in total. The van der Waals surface area contributed by atoms with Crippen LogP contribution in [0.4, 0.5) is 0 Å². The molecule has 0 aromatic heterocycles. The Morgan fingerprint density at radius 3 is 1.81 bits per heavy atom. The van der Waals surface area contributed by atoms with Gasteiger partial charge >= 0.3 is 108 Å². The number of rotatable bonds is 0. The fourth-order valence-electron chi connectivity index (χ4n) is 2.00. The standard InChI is InChI=1S/C14H13N.Bi/c1-3-7-13(8-4-1)11-15-12-14-9-5-2-6-10-14;/h1-7,9,15H,11-12H2;. The van der Waals surface area contributed by atoms with E-state index in [1.807, 2.05) is 0 Å². The second-order valence-corrected chi connectivity index (χ2v) is 8.59. The molecular weight excluding hydrogens is 391 g/mol. The van der Waals surface area contributed by atoms with Gasteiger partial charge in [-0.2, -0.15) is 0 Å². The number of fused-ring (bicyclic) bond motifs is 2. The first-order chi connectivity index (χ1) is 7.93. The summed E-state index contributed by atoms with van der Waals surface area (Å²) in [6.45, 7) is 2.04. The quantitative estimate of drug-likeness (QED) is 0.645.